The van der Waals surface area contributed by atoms with Crippen molar-refractivity contribution in [1.29, 1.82) is 0 Å². The number of alkyl halides is 9. The van der Waals surface area contributed by atoms with Gasteiger partial charge in [-0.3, -0.25) is 30.3 Å². The molecule has 0 unspecified atom stereocenters. The Bertz CT molecular complexity index is 4140. The van der Waals surface area contributed by atoms with Crippen LogP contribution in [0, 0.1) is 0 Å². The Hall–Kier alpha value is -9.21. The molecule has 4 amide bonds. The highest BCUT2D eigenvalue weighted by Gasteiger charge is 2.39. The second-order valence-electron chi connectivity index (χ2n) is 18.1. The highest BCUT2D eigenvalue weighted by Crippen LogP contribution is 2.42. The second-order valence-corrected chi connectivity index (χ2v) is 22.8. The number of hydrazine groups is 1. The normalized spacial score (nSPS) is 11.2. The van der Waals surface area contributed by atoms with Crippen molar-refractivity contribution >= 4 is 135 Å². The Morgan fingerprint density at radius 1 is 0.581 bits per heavy atom. The number of aromatic amines is 1. The van der Waals surface area contributed by atoms with E-state index in [0.717, 1.165) is 83.3 Å². The summed E-state index contributed by atoms with van der Waals surface area (Å²) in [4.78, 5) is 112. The molecule has 0 spiro atoms. The van der Waals surface area contributed by atoms with E-state index in [2.05, 4.69) is 25.4 Å². The molecule has 0 aliphatic rings. The smallest absolute Gasteiger partial charge is 0.418 e. The molecule has 0 fully saturated rings. The molecular weight excluding hydrogens is 1380 g/mol. The maximum Gasteiger partial charge on any atom is 0.418 e. The van der Waals surface area contributed by atoms with Crippen LogP contribution in [0.25, 0.3) is 10.9 Å². The average Bonchev–Trinajstić information content (AvgIpc) is 0.889. The van der Waals surface area contributed by atoms with E-state index in [9.17, 15) is 99.5 Å². The molecule has 0 saturated heterocycles. The van der Waals surface area contributed by atoms with Crippen LogP contribution in [-0.4, -0.2) is 116 Å². The summed E-state index contributed by atoms with van der Waals surface area (Å²) in [5.41, 5.74) is -5.09. The Kier molecular flexibility index (Phi) is 28.2. The molecule has 0 aliphatic heterocycles. The van der Waals surface area contributed by atoms with Crippen molar-refractivity contribution in [3.63, 3.8) is 0 Å². The van der Waals surface area contributed by atoms with Crippen LogP contribution in [-0.2, 0) is 62.4 Å². The van der Waals surface area contributed by atoms with Crippen LogP contribution in [0.4, 0.5) is 77.5 Å². The average molecular weight is 1430 g/mol. The van der Waals surface area contributed by atoms with Gasteiger partial charge in [-0.05, 0) is 84.9 Å². The highest BCUT2D eigenvalue weighted by atomic mass is 35.5. The summed E-state index contributed by atoms with van der Waals surface area (Å²) in [7, 11) is -1.68. The van der Waals surface area contributed by atoms with Gasteiger partial charge in [0.25, 0.3) is 5.56 Å². The molecule has 1 heterocycles. The molecule has 1 aromatic heterocycles. The largest absolute Gasteiger partial charge is 0.465 e. The fraction of sp³-hybridized carbons (Fsp3) is 0.250. The molecule has 0 atom stereocenters. The minimum absolute atomic E-state index is 0.0699. The molecular formula is C52H52Cl3F9N10O17S2. The fourth-order valence-corrected chi connectivity index (χ4v) is 7.56. The fourth-order valence-electron chi connectivity index (χ4n) is 6.73. The van der Waals surface area contributed by atoms with E-state index in [4.69, 9.17) is 45.3 Å². The van der Waals surface area contributed by atoms with E-state index in [0.29, 0.717) is 45.1 Å². The quantitative estimate of drug-likeness (QED) is 0.0177. The van der Waals surface area contributed by atoms with Crippen molar-refractivity contribution in [3.05, 3.63) is 144 Å². The topological polar surface area (TPSA) is 377 Å². The van der Waals surface area contributed by atoms with Gasteiger partial charge < -0.3 is 44.4 Å². The van der Waals surface area contributed by atoms with Crippen molar-refractivity contribution in [3.8, 4) is 11.5 Å². The zero-order valence-electron chi connectivity index (χ0n) is 49.3. The van der Waals surface area contributed by atoms with Crippen LogP contribution < -0.4 is 62.0 Å². The Balaban J connectivity index is 0.000000426. The second kappa shape index (κ2) is 32.9. The van der Waals surface area contributed by atoms with E-state index in [-0.39, 0.29) is 21.7 Å². The number of H-pyrrole nitrogens is 1. The van der Waals surface area contributed by atoms with Gasteiger partial charge in [0, 0.05) is 69.2 Å². The van der Waals surface area contributed by atoms with Gasteiger partial charge in [-0.15, -0.1) is 0 Å². The number of carbonyl (C=O) groups excluding carboxylic acids is 7. The monoisotopic (exact) mass is 1430 g/mol. The van der Waals surface area contributed by atoms with Crippen LogP contribution in [0.1, 0.15) is 58.2 Å². The Labute approximate surface area is 535 Å². The van der Waals surface area contributed by atoms with Crippen LogP contribution in [0.5, 0.6) is 11.5 Å². The number of hydrogen-bond acceptors (Lipinski definition) is 19. The van der Waals surface area contributed by atoms with E-state index >= 15 is 0 Å². The Morgan fingerprint density at radius 3 is 1.31 bits per heavy atom. The Morgan fingerprint density at radius 2 is 0.946 bits per heavy atom. The zero-order chi connectivity index (χ0) is 71.8. The van der Waals surface area contributed by atoms with E-state index in [1.807, 2.05) is 4.98 Å². The van der Waals surface area contributed by atoms with Crippen molar-refractivity contribution in [2.24, 2.45) is 5.84 Å². The number of nitrogens with one attached hydrogen (secondary N) is 4. The molecule has 6 rings (SSSR count). The number of carbonyl (C=O) groups is 7. The van der Waals surface area contributed by atoms with Gasteiger partial charge in [0.1, 0.15) is 11.5 Å². The summed E-state index contributed by atoms with van der Waals surface area (Å²) in [5, 5.41) is 2.65. The number of methoxy groups -OCH3 is 2. The number of halogens is 12. The van der Waals surface area contributed by atoms with Crippen LogP contribution in [0.15, 0.2) is 94.5 Å². The van der Waals surface area contributed by atoms with Crippen molar-refractivity contribution in [2.75, 3.05) is 78.5 Å². The van der Waals surface area contributed by atoms with Crippen LogP contribution in [0.3, 0.4) is 0 Å². The number of nitrogen functional groups attached to an aromatic ring is 1. The maximum absolute atomic E-state index is 13.6. The lowest BCUT2D eigenvalue weighted by atomic mass is 10.0. The molecule has 8 N–H and O–H groups in total. The number of nitrogens with zero attached hydrogens (tertiary/aromatic N) is 4. The standard InChI is InChI=1S/C19H16ClF3N2O5.C13H13F3N4O5S.C12H13F3N2O3.C7H4Cl2O2.CH6N2O2S/c1-10(26)25(2)16-8-13(17(27)29-3)15(9-14(16)19(21,22)23)24-18(28)30-12-6-4-11(20)5-7-12;1-6(21)19(2)10-4-7-9(5-8(10)13(14,15)16)17-12(23)20(11(7)22)18-26(3,24)25;1-6(18)17(2)10-4-7(11(19)20-3)9(16)5-8(10)12(13,14)15;8-5-1-3-6(4-2-5)11-7(9)10;1-6(4,5)3-2/h4-9H,1-3H3,(H,24,28);4-5,18H,1-3H3,(H,17,23);4-5H,16H2,1-3H3;1-4H;3H,2H2,1H3. The van der Waals surface area contributed by atoms with E-state index in [1.54, 1.807) is 33.9 Å². The number of esters is 2. The molecule has 0 saturated carbocycles. The van der Waals surface area contributed by atoms with Gasteiger partial charge >= 0.3 is 47.7 Å². The molecule has 508 valence electrons. The van der Waals surface area contributed by atoms with Crippen molar-refractivity contribution < 1.29 is 109 Å². The number of fused-ring (bicyclic) bond motifs is 1. The summed E-state index contributed by atoms with van der Waals surface area (Å²) < 4.78 is 180. The number of sulfonamides is 2. The van der Waals surface area contributed by atoms with E-state index in [1.165, 1.54) is 31.3 Å². The molecule has 5 aromatic carbocycles. The molecule has 6 aromatic rings. The zero-order valence-corrected chi connectivity index (χ0v) is 53.2. The number of anilines is 5. The van der Waals surface area contributed by atoms with Crippen molar-refractivity contribution in [1.82, 2.24) is 14.5 Å². The lowest BCUT2D eigenvalue weighted by Crippen LogP contribution is -2.43. The predicted octanol–water partition coefficient (Wildman–Crippen LogP) is 8.48. The number of aromatic nitrogens is 2. The third-order valence-corrected chi connectivity index (χ3v) is 12.8. The number of nitrogens with two attached hydrogens (primary N) is 2. The first-order chi connectivity index (χ1) is 42.5. The van der Waals surface area contributed by atoms with E-state index < -0.39 is 147 Å². The minimum Gasteiger partial charge on any atom is -0.465 e. The highest BCUT2D eigenvalue weighted by molar-refractivity contribution is 7.91. The maximum atomic E-state index is 13.6. The van der Waals surface area contributed by atoms with Crippen LogP contribution in [0.2, 0.25) is 10.0 Å². The number of hydrogen-bond donors (Lipinski definition) is 6. The lowest BCUT2D eigenvalue weighted by Gasteiger charge is -2.23. The summed E-state index contributed by atoms with van der Waals surface area (Å²) >= 11 is 16.3. The van der Waals surface area contributed by atoms with Gasteiger partial charge in [0.2, 0.25) is 37.8 Å². The summed E-state index contributed by atoms with van der Waals surface area (Å²) in [6.07, 6.45) is -13.9. The first kappa shape index (κ1) is 79.9. The van der Waals surface area contributed by atoms with Gasteiger partial charge in [-0.1, -0.05) is 23.2 Å². The summed E-state index contributed by atoms with van der Waals surface area (Å²) in [5.74, 6) is 0.979. The molecule has 93 heavy (non-hydrogen) atoms. The summed E-state index contributed by atoms with van der Waals surface area (Å²) in [6, 6.07) is 16.1. The number of rotatable bonds is 11. The number of amides is 4. The third kappa shape index (κ3) is 24.4. The molecule has 0 bridgehead atoms. The lowest BCUT2D eigenvalue weighted by molar-refractivity contribution is -0.138. The van der Waals surface area contributed by atoms with Gasteiger partial charge in [-0.25, -0.2) is 45.6 Å². The van der Waals surface area contributed by atoms with Crippen LogP contribution >= 0.6 is 34.8 Å². The molecule has 27 nitrogen and oxygen atoms in total. The molecule has 0 aliphatic carbocycles. The van der Waals surface area contributed by atoms with Gasteiger partial charge in [0.05, 0.1) is 88.2 Å². The first-order valence-corrected chi connectivity index (χ1v) is 29.5. The number of benzene rings is 5. The molecule has 41 heteroatoms. The van der Waals surface area contributed by atoms with Gasteiger partial charge in [0.15, 0.2) is 0 Å². The SMILES string of the molecule is CC(=O)N(C)c1cc2c(=O)n(NS(C)(=O)=O)c(=O)[nH]c2cc1C(F)(F)F.COC(=O)c1cc(N(C)C(C)=O)c(C(F)(F)F)cc1N.COC(=O)c1cc(N(C)C(C)=O)c(C(F)(F)F)cc1NC(=O)Oc1ccc(Cl)cc1.CS(=O)(=O)NN.O=C(Cl)Oc1ccc(Cl)cc1. The summed E-state index contributed by atoms with van der Waals surface area (Å²) in [6.45, 7) is 3.20. The van der Waals surface area contributed by atoms with Crippen molar-refractivity contribution in [2.45, 2.75) is 39.3 Å². The molecule has 0 radical (unpaired) electrons. The minimum atomic E-state index is -4.88. The third-order valence-electron chi connectivity index (χ3n) is 11.3. The van der Waals surface area contributed by atoms with Gasteiger partial charge in [-0.2, -0.15) is 49.0 Å². The first-order valence-electron chi connectivity index (χ1n) is 24.6. The number of ether oxygens (including phenoxy) is 4. The predicted molar refractivity (Wildman–Crippen MR) is 322 cm³/mol.